The van der Waals surface area contributed by atoms with Gasteiger partial charge < -0.3 is 4.90 Å². The second-order valence-electron chi connectivity index (χ2n) is 5.45. The van der Waals surface area contributed by atoms with E-state index in [1.165, 1.54) is 4.31 Å². The van der Waals surface area contributed by atoms with E-state index in [-0.39, 0.29) is 24.0 Å². The Labute approximate surface area is 130 Å². The lowest BCUT2D eigenvalue weighted by Gasteiger charge is -2.34. The predicted octanol–water partition coefficient (Wildman–Crippen LogP) is -0.473. The van der Waals surface area contributed by atoms with Crippen LogP contribution >= 0.6 is 0 Å². The van der Waals surface area contributed by atoms with Crippen molar-refractivity contribution >= 4 is 27.5 Å². The van der Waals surface area contributed by atoms with E-state index in [1.807, 2.05) is 6.92 Å². The monoisotopic (exact) mass is 330 g/mol. The van der Waals surface area contributed by atoms with Crippen LogP contribution < -0.4 is 5.43 Å². The van der Waals surface area contributed by atoms with Gasteiger partial charge in [0.1, 0.15) is 5.71 Å². The standard InChI is InChI=1S/C13H22N4O4S/c1-2-3-10-22(20,21)17-8-6-16(7-9-17)13(19)11-4-5-12(18)15-14-11/h2-10H2,1H3,(H,15,18). The molecule has 22 heavy (non-hydrogen) atoms. The fourth-order valence-electron chi connectivity index (χ4n) is 2.44. The van der Waals surface area contributed by atoms with Crippen LogP contribution in [0.4, 0.5) is 0 Å². The molecule has 0 aromatic carbocycles. The van der Waals surface area contributed by atoms with Crippen LogP contribution in [-0.2, 0) is 19.6 Å². The fraction of sp³-hybridized carbons (Fsp3) is 0.769. The molecule has 0 atom stereocenters. The number of hydrogen-bond donors (Lipinski definition) is 1. The Bertz CT molecular complexity index is 565. The summed E-state index contributed by atoms with van der Waals surface area (Å²) in [4.78, 5) is 24.9. The molecule has 0 spiro atoms. The van der Waals surface area contributed by atoms with E-state index >= 15 is 0 Å². The molecule has 1 fully saturated rings. The van der Waals surface area contributed by atoms with Gasteiger partial charge in [-0.1, -0.05) is 13.3 Å². The summed E-state index contributed by atoms with van der Waals surface area (Å²) in [6.07, 6.45) is 2.08. The molecule has 0 radical (unpaired) electrons. The van der Waals surface area contributed by atoms with Gasteiger partial charge in [0, 0.05) is 39.0 Å². The van der Waals surface area contributed by atoms with Gasteiger partial charge in [0.25, 0.3) is 5.91 Å². The number of nitrogens with one attached hydrogen (secondary N) is 1. The van der Waals surface area contributed by atoms with Crippen molar-refractivity contribution < 1.29 is 18.0 Å². The number of sulfonamides is 1. The minimum atomic E-state index is -3.22. The largest absolute Gasteiger partial charge is 0.335 e. The van der Waals surface area contributed by atoms with Crippen molar-refractivity contribution in [2.75, 3.05) is 31.9 Å². The molecular formula is C13H22N4O4S. The van der Waals surface area contributed by atoms with Gasteiger partial charge >= 0.3 is 0 Å². The van der Waals surface area contributed by atoms with E-state index in [0.717, 1.165) is 6.42 Å². The SMILES string of the molecule is CCCCS(=O)(=O)N1CCN(C(=O)C2=NNC(=O)CC2)CC1. The molecule has 2 aliphatic heterocycles. The quantitative estimate of drug-likeness (QED) is 0.736. The topological polar surface area (TPSA) is 99.2 Å². The molecule has 0 aromatic heterocycles. The Kier molecular flexibility index (Phi) is 5.52. The van der Waals surface area contributed by atoms with Crippen molar-refractivity contribution in [2.24, 2.45) is 5.10 Å². The Hall–Kier alpha value is -1.48. The van der Waals surface area contributed by atoms with Crippen LogP contribution in [0.2, 0.25) is 0 Å². The molecule has 0 unspecified atom stereocenters. The van der Waals surface area contributed by atoms with Gasteiger partial charge in [0.05, 0.1) is 5.75 Å². The summed E-state index contributed by atoms with van der Waals surface area (Å²) < 4.78 is 25.7. The van der Waals surface area contributed by atoms with Crippen molar-refractivity contribution in [3.05, 3.63) is 0 Å². The minimum Gasteiger partial charge on any atom is -0.335 e. The van der Waals surface area contributed by atoms with E-state index < -0.39 is 10.0 Å². The van der Waals surface area contributed by atoms with Crippen LogP contribution in [0.5, 0.6) is 0 Å². The van der Waals surface area contributed by atoms with Gasteiger partial charge in [0.2, 0.25) is 15.9 Å². The molecule has 1 N–H and O–H groups in total. The normalized spacial score (nSPS) is 20.5. The van der Waals surface area contributed by atoms with Gasteiger partial charge in [-0.3, -0.25) is 9.59 Å². The number of hydrazone groups is 1. The van der Waals surface area contributed by atoms with Crippen LogP contribution in [0.25, 0.3) is 0 Å². The van der Waals surface area contributed by atoms with Gasteiger partial charge in [-0.05, 0) is 6.42 Å². The highest BCUT2D eigenvalue weighted by molar-refractivity contribution is 7.89. The highest BCUT2D eigenvalue weighted by Gasteiger charge is 2.30. The van der Waals surface area contributed by atoms with E-state index in [4.69, 9.17) is 0 Å². The van der Waals surface area contributed by atoms with Crippen LogP contribution in [0.3, 0.4) is 0 Å². The third kappa shape index (κ3) is 4.04. The third-order valence-corrected chi connectivity index (χ3v) is 5.78. The highest BCUT2D eigenvalue weighted by atomic mass is 32.2. The fourth-order valence-corrected chi connectivity index (χ4v) is 4.07. The molecule has 2 aliphatic rings. The second kappa shape index (κ2) is 7.19. The zero-order valence-corrected chi connectivity index (χ0v) is 13.6. The number of hydrogen-bond acceptors (Lipinski definition) is 5. The lowest BCUT2D eigenvalue weighted by atomic mass is 10.1. The number of rotatable bonds is 5. The smallest absolute Gasteiger partial charge is 0.270 e. The van der Waals surface area contributed by atoms with Gasteiger partial charge in [0.15, 0.2) is 0 Å². The maximum atomic E-state index is 12.3. The first kappa shape index (κ1) is 16.9. The summed E-state index contributed by atoms with van der Waals surface area (Å²) in [5.74, 6) is -0.245. The Morgan fingerprint density at radius 1 is 1.23 bits per heavy atom. The van der Waals surface area contributed by atoms with E-state index in [9.17, 15) is 18.0 Å². The Balaban J connectivity index is 1.89. The third-order valence-electron chi connectivity index (χ3n) is 3.83. The minimum absolute atomic E-state index is 0.163. The summed E-state index contributed by atoms with van der Waals surface area (Å²) in [7, 11) is -3.22. The van der Waals surface area contributed by atoms with Crippen molar-refractivity contribution in [3.63, 3.8) is 0 Å². The number of carbonyl (C=O) groups is 2. The molecule has 1 saturated heterocycles. The summed E-state index contributed by atoms with van der Waals surface area (Å²) >= 11 is 0. The van der Waals surface area contributed by atoms with E-state index in [1.54, 1.807) is 4.90 Å². The molecule has 0 bridgehead atoms. The molecular weight excluding hydrogens is 308 g/mol. The average molecular weight is 330 g/mol. The van der Waals surface area contributed by atoms with Gasteiger partial charge in [-0.2, -0.15) is 9.41 Å². The molecule has 2 amide bonds. The highest BCUT2D eigenvalue weighted by Crippen LogP contribution is 2.12. The summed E-state index contributed by atoms with van der Waals surface area (Å²) in [5, 5.41) is 3.79. The summed E-state index contributed by atoms with van der Waals surface area (Å²) in [6, 6.07) is 0. The zero-order chi connectivity index (χ0) is 16.2. The van der Waals surface area contributed by atoms with Crippen LogP contribution in [0.15, 0.2) is 5.10 Å². The van der Waals surface area contributed by atoms with Gasteiger partial charge in [-0.25, -0.2) is 13.8 Å². The first-order chi connectivity index (χ1) is 10.4. The zero-order valence-electron chi connectivity index (χ0n) is 12.7. The molecule has 8 nitrogen and oxygen atoms in total. The molecule has 0 aliphatic carbocycles. The number of nitrogens with zero attached hydrogens (tertiary/aromatic N) is 3. The maximum Gasteiger partial charge on any atom is 0.270 e. The number of unbranched alkanes of at least 4 members (excludes halogenated alkanes) is 1. The second-order valence-corrected chi connectivity index (χ2v) is 7.54. The average Bonchev–Trinajstić information content (AvgIpc) is 2.53. The first-order valence-electron chi connectivity index (χ1n) is 7.56. The van der Waals surface area contributed by atoms with E-state index in [0.29, 0.717) is 44.7 Å². The van der Waals surface area contributed by atoms with Crippen molar-refractivity contribution in [3.8, 4) is 0 Å². The number of piperazine rings is 1. The Morgan fingerprint density at radius 3 is 2.45 bits per heavy atom. The Morgan fingerprint density at radius 2 is 1.91 bits per heavy atom. The predicted molar refractivity (Wildman–Crippen MR) is 81.7 cm³/mol. The molecule has 2 heterocycles. The molecule has 2 rings (SSSR count). The van der Waals surface area contributed by atoms with Crippen LogP contribution in [0.1, 0.15) is 32.6 Å². The lowest BCUT2D eigenvalue weighted by Crippen LogP contribution is -2.53. The first-order valence-corrected chi connectivity index (χ1v) is 9.17. The number of carbonyl (C=O) groups excluding carboxylic acids is 2. The molecule has 0 saturated carbocycles. The van der Waals surface area contributed by atoms with Crippen LogP contribution in [0, 0.1) is 0 Å². The van der Waals surface area contributed by atoms with Crippen molar-refractivity contribution in [1.82, 2.24) is 14.6 Å². The maximum absolute atomic E-state index is 12.3. The molecule has 124 valence electrons. The van der Waals surface area contributed by atoms with Crippen molar-refractivity contribution in [1.29, 1.82) is 0 Å². The van der Waals surface area contributed by atoms with Crippen molar-refractivity contribution in [2.45, 2.75) is 32.6 Å². The number of amides is 2. The summed E-state index contributed by atoms with van der Waals surface area (Å²) in [5.41, 5.74) is 2.64. The van der Waals surface area contributed by atoms with E-state index in [2.05, 4.69) is 10.5 Å². The van der Waals surface area contributed by atoms with Crippen LogP contribution in [-0.4, -0.2) is 67.1 Å². The van der Waals surface area contributed by atoms with Gasteiger partial charge in [-0.15, -0.1) is 0 Å². The molecule has 9 heteroatoms. The summed E-state index contributed by atoms with van der Waals surface area (Å²) in [6.45, 7) is 3.30. The molecule has 0 aromatic rings. The lowest BCUT2D eigenvalue weighted by molar-refractivity contribution is -0.125.